The van der Waals surface area contributed by atoms with Gasteiger partial charge in [-0.05, 0) is 36.2 Å². The number of anilines is 2. The number of benzene rings is 2. The summed E-state index contributed by atoms with van der Waals surface area (Å²) in [4.78, 5) is 25.5. The number of aromatic nitrogens is 2. The van der Waals surface area contributed by atoms with Gasteiger partial charge < -0.3 is 10.6 Å². The summed E-state index contributed by atoms with van der Waals surface area (Å²) in [6.45, 7) is 3.38. The average molecular weight is 624 g/mol. The molecule has 0 aliphatic rings. The lowest BCUT2D eigenvalue weighted by Crippen LogP contribution is -2.49. The van der Waals surface area contributed by atoms with Crippen LogP contribution in [0.4, 0.5) is 42.0 Å². The molecule has 204 valence electrons. The van der Waals surface area contributed by atoms with E-state index in [0.717, 1.165) is 21.4 Å². The van der Waals surface area contributed by atoms with Gasteiger partial charge in [-0.3, -0.25) is 10.1 Å². The Morgan fingerprint density at radius 2 is 1.61 bits per heavy atom. The van der Waals surface area contributed by atoms with Crippen LogP contribution in [0.1, 0.15) is 31.4 Å². The number of nitrogens with one attached hydrogen (secondary N) is 3. The fourth-order valence-corrected chi connectivity index (χ4v) is 4.37. The monoisotopic (exact) mass is 623 g/mol. The molecule has 0 bridgehead atoms. The summed E-state index contributed by atoms with van der Waals surface area (Å²) < 4.78 is 79.5. The maximum Gasteiger partial charge on any atom is 0.416 e. The topological polar surface area (TPSA) is 96.0 Å². The van der Waals surface area contributed by atoms with Crippen LogP contribution in [0, 0.1) is 5.92 Å². The van der Waals surface area contributed by atoms with Crippen LogP contribution in [0.3, 0.4) is 0 Å². The highest BCUT2D eigenvalue weighted by atomic mass is 79.9. The van der Waals surface area contributed by atoms with Gasteiger partial charge in [0.2, 0.25) is 11.0 Å². The van der Waals surface area contributed by atoms with Gasteiger partial charge in [0, 0.05) is 15.7 Å². The molecule has 2 aromatic carbocycles. The van der Waals surface area contributed by atoms with Crippen LogP contribution < -0.4 is 16.0 Å². The predicted octanol–water partition coefficient (Wildman–Crippen LogP) is 7.18. The van der Waals surface area contributed by atoms with Gasteiger partial charge in [0.05, 0.1) is 11.1 Å². The van der Waals surface area contributed by atoms with Gasteiger partial charge in [0.25, 0.3) is 0 Å². The van der Waals surface area contributed by atoms with Crippen LogP contribution in [-0.4, -0.2) is 28.2 Å². The second kappa shape index (κ2) is 11.7. The zero-order valence-corrected chi connectivity index (χ0v) is 22.1. The van der Waals surface area contributed by atoms with Gasteiger partial charge >= 0.3 is 18.4 Å². The minimum Gasteiger partial charge on any atom is -0.326 e. The second-order valence-electron chi connectivity index (χ2n) is 8.17. The number of halogens is 7. The van der Waals surface area contributed by atoms with Crippen molar-refractivity contribution in [3.8, 4) is 10.6 Å². The van der Waals surface area contributed by atoms with Gasteiger partial charge in [-0.2, -0.15) is 26.3 Å². The second-order valence-corrected chi connectivity index (χ2v) is 10.1. The molecule has 0 spiro atoms. The number of alkyl halides is 6. The highest BCUT2D eigenvalue weighted by Gasteiger charge is 2.37. The van der Waals surface area contributed by atoms with Crippen molar-refractivity contribution in [3.05, 3.63) is 58.1 Å². The summed E-state index contributed by atoms with van der Waals surface area (Å²) in [7, 11) is 0. The fraction of sp³-hybridized carbons (Fsp3) is 0.304. The van der Waals surface area contributed by atoms with Gasteiger partial charge in [-0.25, -0.2) is 4.79 Å². The Bertz CT molecular complexity index is 1280. The molecule has 15 heteroatoms. The van der Waals surface area contributed by atoms with E-state index in [1.165, 1.54) is 0 Å². The van der Waals surface area contributed by atoms with Gasteiger partial charge in [-0.1, -0.05) is 59.7 Å². The molecule has 0 aliphatic heterocycles. The molecule has 2 atom stereocenters. The summed E-state index contributed by atoms with van der Waals surface area (Å²) in [6, 6.07) is 5.56. The van der Waals surface area contributed by atoms with Gasteiger partial charge in [-0.15, -0.1) is 10.2 Å². The van der Waals surface area contributed by atoms with Crippen molar-refractivity contribution in [3.63, 3.8) is 0 Å². The zero-order chi connectivity index (χ0) is 28.3. The largest absolute Gasteiger partial charge is 0.416 e. The number of carbonyl (C=O) groups excluding carboxylic acids is 2. The predicted molar refractivity (Wildman–Crippen MR) is 134 cm³/mol. The quantitative estimate of drug-likeness (QED) is 0.243. The summed E-state index contributed by atoms with van der Waals surface area (Å²) in [5.41, 5.74) is -3.17. The Hall–Kier alpha value is -3.20. The molecular formula is C23H20BrF6N5O2S. The summed E-state index contributed by atoms with van der Waals surface area (Å²) in [5, 5.41) is 15.4. The van der Waals surface area contributed by atoms with E-state index in [1.54, 1.807) is 32.0 Å². The van der Waals surface area contributed by atoms with E-state index in [1.807, 2.05) is 11.4 Å². The molecule has 1 aromatic heterocycles. The Balaban J connectivity index is 1.76. The van der Waals surface area contributed by atoms with Crippen molar-refractivity contribution in [2.45, 2.75) is 38.7 Å². The number of rotatable bonds is 7. The molecule has 0 radical (unpaired) electrons. The minimum atomic E-state index is -5.08. The molecular weight excluding hydrogens is 604 g/mol. The molecule has 0 aliphatic carbocycles. The number of hydrogen-bond acceptors (Lipinski definition) is 5. The lowest BCUT2D eigenvalue weighted by Gasteiger charge is -2.23. The molecule has 3 amide bonds. The van der Waals surface area contributed by atoms with Crippen LogP contribution in [0.5, 0.6) is 0 Å². The molecule has 0 fully saturated rings. The lowest BCUT2D eigenvalue weighted by molar-refractivity contribution is -0.143. The molecule has 0 saturated carbocycles. The highest BCUT2D eigenvalue weighted by Crippen LogP contribution is 2.37. The average Bonchev–Trinajstić information content (AvgIpc) is 3.29. The number of hydrogen-bond donors (Lipinski definition) is 3. The minimum absolute atomic E-state index is 0.0526. The van der Waals surface area contributed by atoms with Crippen molar-refractivity contribution in [1.29, 1.82) is 0 Å². The van der Waals surface area contributed by atoms with E-state index >= 15 is 0 Å². The molecule has 38 heavy (non-hydrogen) atoms. The normalized spacial score (nSPS) is 13.5. The van der Waals surface area contributed by atoms with E-state index in [-0.39, 0.29) is 11.2 Å². The van der Waals surface area contributed by atoms with Crippen molar-refractivity contribution in [2.24, 2.45) is 5.92 Å². The molecule has 7 nitrogen and oxygen atoms in total. The van der Waals surface area contributed by atoms with E-state index in [9.17, 15) is 35.9 Å². The summed E-state index contributed by atoms with van der Waals surface area (Å²) in [5.74, 6) is -1.14. The van der Waals surface area contributed by atoms with Crippen LogP contribution in [0.25, 0.3) is 10.6 Å². The van der Waals surface area contributed by atoms with Crippen LogP contribution in [-0.2, 0) is 17.1 Å². The number of carbonyl (C=O) groups is 2. The highest BCUT2D eigenvalue weighted by molar-refractivity contribution is 9.10. The number of nitrogens with zero attached hydrogens (tertiary/aromatic N) is 2. The molecule has 3 N–H and O–H groups in total. The van der Waals surface area contributed by atoms with Crippen LogP contribution >= 0.6 is 27.3 Å². The third-order valence-electron chi connectivity index (χ3n) is 5.35. The van der Waals surface area contributed by atoms with Crippen LogP contribution in [0.15, 0.2) is 46.9 Å². The van der Waals surface area contributed by atoms with Gasteiger partial charge in [0.15, 0.2) is 0 Å². The fourth-order valence-electron chi connectivity index (χ4n) is 3.23. The summed E-state index contributed by atoms with van der Waals surface area (Å²) in [6.07, 6.45) is -9.74. The van der Waals surface area contributed by atoms with Crippen molar-refractivity contribution >= 4 is 50.0 Å². The molecule has 0 saturated heterocycles. The third kappa shape index (κ3) is 7.66. The van der Waals surface area contributed by atoms with E-state index < -0.39 is 53.1 Å². The van der Waals surface area contributed by atoms with Crippen molar-refractivity contribution in [2.75, 3.05) is 10.6 Å². The Morgan fingerprint density at radius 1 is 0.974 bits per heavy atom. The van der Waals surface area contributed by atoms with Gasteiger partial charge in [0.1, 0.15) is 11.0 Å². The SMILES string of the molecule is CC[C@H](C)[C@@H](NC(=O)Nc1cc(C(F)(F)F)cc(C(F)(F)F)c1)C(=O)Nc1nnc(-c2cccc(Br)c2)s1. The maximum absolute atomic E-state index is 13.1. The third-order valence-corrected chi connectivity index (χ3v) is 6.74. The summed E-state index contributed by atoms with van der Waals surface area (Å²) >= 11 is 4.42. The molecule has 3 rings (SSSR count). The number of amides is 3. The Labute approximate surface area is 225 Å². The van der Waals surface area contributed by atoms with Crippen molar-refractivity contribution < 1.29 is 35.9 Å². The molecule has 1 heterocycles. The first-order valence-electron chi connectivity index (χ1n) is 10.9. The molecule has 0 unspecified atom stereocenters. The van der Waals surface area contributed by atoms with E-state index in [4.69, 9.17) is 0 Å². The van der Waals surface area contributed by atoms with Crippen LogP contribution in [0.2, 0.25) is 0 Å². The first kappa shape index (κ1) is 29.4. The maximum atomic E-state index is 13.1. The Morgan fingerprint density at radius 3 is 2.16 bits per heavy atom. The first-order chi connectivity index (χ1) is 17.7. The first-order valence-corrected chi connectivity index (χ1v) is 12.6. The smallest absolute Gasteiger partial charge is 0.326 e. The Kier molecular flexibility index (Phi) is 9.02. The standard InChI is InChI=1S/C23H20BrF6N5O2S/c1-3-11(2)17(18(36)33-21-35-34-19(38-21)12-5-4-6-15(24)7-12)32-20(37)31-16-9-13(22(25,26)27)8-14(10-16)23(28,29)30/h4-11,17H,3H2,1-2H3,(H2,31,32,37)(H,33,35,36)/t11-,17+/m0/s1. The zero-order valence-electron chi connectivity index (χ0n) is 19.7. The van der Waals surface area contributed by atoms with E-state index in [2.05, 4.69) is 36.8 Å². The van der Waals surface area contributed by atoms with E-state index in [0.29, 0.717) is 23.6 Å². The molecule has 3 aromatic rings. The lowest BCUT2D eigenvalue weighted by atomic mass is 9.98. The van der Waals surface area contributed by atoms with Crippen molar-refractivity contribution in [1.82, 2.24) is 15.5 Å². The number of urea groups is 1.